The van der Waals surface area contributed by atoms with Crippen LogP contribution in [-0.4, -0.2) is 93.7 Å². The lowest BCUT2D eigenvalue weighted by Gasteiger charge is -2.24. The van der Waals surface area contributed by atoms with Gasteiger partial charge in [0.1, 0.15) is 69.3 Å². The molecule has 0 aliphatic heterocycles. The zero-order chi connectivity index (χ0) is 99.6. The van der Waals surface area contributed by atoms with E-state index >= 15 is 0 Å². The summed E-state index contributed by atoms with van der Waals surface area (Å²) in [5.41, 5.74) is 12.0. The van der Waals surface area contributed by atoms with Crippen molar-refractivity contribution < 1.29 is 9.13 Å². The molecule has 0 fully saturated rings. The number of aromatic nitrogens is 17. The Morgan fingerprint density at radius 1 is 0.383 bits per heavy atom. The minimum absolute atomic E-state index is 0.169. The average molecular weight is 1890 g/mol. The number of para-hydroxylation sites is 3. The lowest BCUT2D eigenvalue weighted by atomic mass is 10.1. The molecule has 0 amide bonds. The van der Waals surface area contributed by atoms with Crippen molar-refractivity contribution in [1.29, 1.82) is 0 Å². The standard InChI is InChI=1S/C30H31N5O2.C29H28FN5O2.C26H27N7O2.C25H28N4O3/c1-21(2)18-35-27-25(29(36)33(4)30(35)37)20-34(28(27)32(3)24-10-6-5-7-11-24)19-22-13-15-23(16-14-22)26-12-8-9-17-31-26;1-19(2)16-35-26-24(28(36)33(3)29(35)37)18-34(27(26)32-23-8-6-7-22(30)15-23)17-20-10-12-21(13-11-20)25-9-4-5-14-31-25;1-18(2)13-32-22-15-31(14-19-9-11-21(12-10-19)33-17-27-16-28-33)24(29-20-7-5-4-6-8-20)23(22)25(34)30(3)26(32)35;1-17(2)14-29-21-16-28(15-18-10-12-20(32-4)13-11-18)23(26-19-8-6-5-7-9-19)22(21)24(30)27(3)25(29)31/h5-17,20-21H,18-19H2,1-4H3;4-15,18-19,32H,16-17H2,1-3H3;4-12,15-18,29H,13-14H2,1-3H3;5-13,16-17,26H,14-15H2,1-4H3. The minimum atomic E-state index is -0.383. The summed E-state index contributed by atoms with van der Waals surface area (Å²) in [6, 6.07) is 79.4. The number of pyridine rings is 2. The summed E-state index contributed by atoms with van der Waals surface area (Å²) in [6.45, 7) is 20.4. The molecular weight excluding hydrogens is 1780 g/mol. The molecule has 0 atom stereocenters. The first kappa shape index (κ1) is 97.1. The molecule has 0 saturated carbocycles. The van der Waals surface area contributed by atoms with Crippen LogP contribution in [0, 0.1) is 29.5 Å². The summed E-state index contributed by atoms with van der Waals surface area (Å²) in [4.78, 5) is 120. The summed E-state index contributed by atoms with van der Waals surface area (Å²) < 4.78 is 40.5. The van der Waals surface area contributed by atoms with Crippen LogP contribution in [0.5, 0.6) is 5.75 Å². The number of benzene rings is 8. The van der Waals surface area contributed by atoms with Gasteiger partial charge in [0.25, 0.3) is 22.2 Å². The zero-order valence-electron chi connectivity index (χ0n) is 81.4. The van der Waals surface area contributed by atoms with E-state index in [9.17, 15) is 42.7 Å². The molecule has 3 N–H and O–H groups in total. The number of anilines is 8. The molecule has 0 saturated heterocycles. The van der Waals surface area contributed by atoms with E-state index in [1.165, 1.54) is 53.3 Å². The Hall–Kier alpha value is -17.0. The second-order valence-electron chi connectivity index (χ2n) is 36.7. The second-order valence-corrected chi connectivity index (χ2v) is 36.7. The normalized spacial score (nSPS) is 11.4. The fourth-order valence-corrected chi connectivity index (χ4v) is 17.4. The number of nitrogens with zero attached hydrogens (tertiary/aromatic N) is 18. The quantitative estimate of drug-likeness (QED) is 0.0410. The molecule has 11 heterocycles. The highest BCUT2D eigenvalue weighted by Gasteiger charge is 2.28. The summed E-state index contributed by atoms with van der Waals surface area (Å²) in [5.74, 6) is 4.00. The van der Waals surface area contributed by atoms with E-state index in [4.69, 9.17) is 4.74 Å². The summed E-state index contributed by atoms with van der Waals surface area (Å²) in [7, 11) is 9.73. The van der Waals surface area contributed by atoms with E-state index in [1.807, 2.05) is 253 Å². The molecule has 720 valence electrons. The first-order chi connectivity index (χ1) is 68.0. The van der Waals surface area contributed by atoms with Gasteiger partial charge >= 0.3 is 22.8 Å². The van der Waals surface area contributed by atoms with Crippen molar-refractivity contribution in [3.05, 3.63) is 410 Å². The van der Waals surface area contributed by atoms with E-state index in [1.54, 1.807) is 74.2 Å². The predicted octanol–water partition coefficient (Wildman–Crippen LogP) is 17.7. The van der Waals surface area contributed by atoms with Crippen LogP contribution in [0.2, 0.25) is 0 Å². The van der Waals surface area contributed by atoms with Crippen molar-refractivity contribution in [3.8, 4) is 34.0 Å². The first-order valence-corrected chi connectivity index (χ1v) is 46.8. The minimum Gasteiger partial charge on any atom is -0.497 e. The topological polar surface area (TPSA) is 301 Å². The fraction of sp³-hybridized carbons (Fsp3) is 0.236. The number of nitrogens with one attached hydrogen (secondary N) is 3. The van der Waals surface area contributed by atoms with Crippen LogP contribution in [0.3, 0.4) is 0 Å². The van der Waals surface area contributed by atoms with Gasteiger partial charge < -0.3 is 43.9 Å². The molecule has 0 spiro atoms. The lowest BCUT2D eigenvalue weighted by molar-refractivity contribution is 0.414. The van der Waals surface area contributed by atoms with Crippen molar-refractivity contribution in [2.45, 2.75) is 108 Å². The Balaban J connectivity index is 0.000000136. The summed E-state index contributed by atoms with van der Waals surface area (Å²) in [6.07, 6.45) is 14.1. The molecule has 0 unspecified atom stereocenters. The average Bonchev–Trinajstić information content (AvgIpc) is 1.61. The van der Waals surface area contributed by atoms with Crippen molar-refractivity contribution in [2.75, 3.05) is 35.0 Å². The van der Waals surface area contributed by atoms with Gasteiger partial charge in [0.15, 0.2) is 0 Å². The van der Waals surface area contributed by atoms with E-state index in [2.05, 4.69) is 111 Å². The van der Waals surface area contributed by atoms with Gasteiger partial charge in [-0.25, -0.2) is 33.2 Å². The first-order valence-electron chi connectivity index (χ1n) is 46.8. The number of hydrogen-bond donors (Lipinski definition) is 3. The summed E-state index contributed by atoms with van der Waals surface area (Å²) >= 11 is 0. The number of hydrogen-bond acceptors (Lipinski definition) is 17. The molecule has 141 heavy (non-hydrogen) atoms. The van der Waals surface area contributed by atoms with Crippen LogP contribution < -0.4 is 70.6 Å². The monoisotopic (exact) mass is 1890 g/mol. The molecule has 0 aliphatic carbocycles. The third-order valence-electron chi connectivity index (χ3n) is 24.3. The molecule has 19 rings (SSSR count). The highest BCUT2D eigenvalue weighted by molar-refractivity contribution is 5.95. The third kappa shape index (κ3) is 21.4. The van der Waals surface area contributed by atoms with Crippen molar-refractivity contribution in [1.82, 2.24) is 79.5 Å². The highest BCUT2D eigenvalue weighted by atomic mass is 19.1. The van der Waals surface area contributed by atoms with Crippen LogP contribution in [0.25, 0.3) is 71.8 Å². The molecule has 11 aromatic heterocycles. The molecule has 0 aliphatic rings. The Morgan fingerprint density at radius 3 is 1.18 bits per heavy atom. The second kappa shape index (κ2) is 42.7. The highest BCUT2D eigenvalue weighted by Crippen LogP contribution is 2.36. The van der Waals surface area contributed by atoms with Gasteiger partial charge in [0, 0.05) is 159 Å². The Labute approximate surface area is 812 Å². The Kier molecular flexibility index (Phi) is 29.4. The molecule has 0 radical (unpaired) electrons. The van der Waals surface area contributed by atoms with Gasteiger partial charge in [0.05, 0.1) is 46.0 Å². The maximum absolute atomic E-state index is 14.0. The molecule has 31 heteroatoms. The number of rotatable bonds is 28. The SMILES string of the molecule is CC(C)Cn1c(=O)n(C)c(=O)c2c(Nc3ccccc3)n(Cc3ccc(-n4cncn4)cc3)cc21.CC(C)Cn1c(=O)n(C)c(=O)c2cn(Cc3ccc(-c4ccccn4)cc3)c(N(C)c3ccccc3)c21.CC(C)Cn1c(=O)n(C)c(=O)c2cn(Cc3ccc(-c4ccccn4)cc3)c(Nc3cccc(F)c3)c21.COc1ccc(Cn2cc3c(c2Nc2ccccc2)c(=O)n(C)c(=O)n3CC(C)C)cc1. The lowest BCUT2D eigenvalue weighted by Crippen LogP contribution is -2.38. The van der Waals surface area contributed by atoms with Crippen LogP contribution in [0.15, 0.2) is 337 Å². The van der Waals surface area contributed by atoms with E-state index in [0.29, 0.717) is 119 Å². The number of ether oxygens (including phenoxy) is 1. The summed E-state index contributed by atoms with van der Waals surface area (Å²) in [5, 5.41) is 16.3. The van der Waals surface area contributed by atoms with Crippen molar-refractivity contribution >= 4 is 89.6 Å². The predicted molar refractivity (Wildman–Crippen MR) is 559 cm³/mol. The fourth-order valence-electron chi connectivity index (χ4n) is 17.4. The number of fused-ring (bicyclic) bond motifs is 4. The molecule has 19 aromatic rings. The smallest absolute Gasteiger partial charge is 0.331 e. The van der Waals surface area contributed by atoms with Gasteiger partial charge in [-0.2, -0.15) is 5.10 Å². The van der Waals surface area contributed by atoms with Crippen LogP contribution in [0.4, 0.5) is 50.4 Å². The maximum atomic E-state index is 14.0. The van der Waals surface area contributed by atoms with Gasteiger partial charge in [-0.3, -0.25) is 65.7 Å². The number of halogens is 1. The van der Waals surface area contributed by atoms with E-state index in [-0.39, 0.29) is 74.5 Å². The zero-order valence-corrected chi connectivity index (χ0v) is 81.4. The third-order valence-corrected chi connectivity index (χ3v) is 24.3. The maximum Gasteiger partial charge on any atom is 0.331 e. The van der Waals surface area contributed by atoms with Crippen LogP contribution in [0.1, 0.15) is 77.6 Å². The van der Waals surface area contributed by atoms with Gasteiger partial charge in [0.2, 0.25) is 0 Å². The Bertz CT molecular complexity index is 8180. The molecule has 0 bridgehead atoms. The Morgan fingerprint density at radius 2 is 0.759 bits per heavy atom. The number of methoxy groups -OCH3 is 1. The van der Waals surface area contributed by atoms with Crippen molar-refractivity contribution in [2.24, 2.45) is 51.9 Å². The van der Waals surface area contributed by atoms with E-state index < -0.39 is 0 Å². The molecule has 8 aromatic carbocycles. The molecular formula is C110H114FN21O9. The van der Waals surface area contributed by atoms with Gasteiger partial charge in [-0.05, 0) is 149 Å². The van der Waals surface area contributed by atoms with Gasteiger partial charge in [-0.1, -0.05) is 201 Å². The molecule has 30 nitrogen and oxygen atoms in total. The van der Waals surface area contributed by atoms with Gasteiger partial charge in [-0.15, -0.1) is 0 Å². The van der Waals surface area contributed by atoms with E-state index in [0.717, 1.165) is 83.7 Å². The van der Waals surface area contributed by atoms with Crippen LogP contribution in [-0.2, 0) is 80.5 Å². The van der Waals surface area contributed by atoms with Crippen molar-refractivity contribution in [3.63, 3.8) is 0 Å². The van der Waals surface area contributed by atoms with Crippen LogP contribution >= 0.6 is 0 Å². The largest absolute Gasteiger partial charge is 0.497 e.